The molecule has 1 N–H and O–H groups in total. The third kappa shape index (κ3) is 4.50. The minimum absolute atomic E-state index is 0.187. The molecule has 0 bridgehead atoms. The summed E-state index contributed by atoms with van der Waals surface area (Å²) in [6.07, 6.45) is 2.84. The van der Waals surface area contributed by atoms with Crippen LogP contribution in [-0.2, 0) is 13.1 Å². The van der Waals surface area contributed by atoms with E-state index in [9.17, 15) is 14.0 Å². The molecule has 0 radical (unpaired) electrons. The number of aryl methyl sites for hydroxylation is 1. The molecule has 0 saturated heterocycles. The van der Waals surface area contributed by atoms with Gasteiger partial charge in [0, 0.05) is 12.1 Å². The molecule has 0 aliphatic rings. The number of nitrogens with zero attached hydrogens (tertiary/aromatic N) is 5. The monoisotopic (exact) mass is 506 g/mol. The van der Waals surface area contributed by atoms with Crippen LogP contribution >= 0.6 is 11.6 Å². The number of amides is 1. The number of halogens is 2. The number of benzene rings is 2. The summed E-state index contributed by atoms with van der Waals surface area (Å²) in [6.45, 7) is 2.34. The molecular formula is C25H20ClFN6O3. The topological polar surface area (TPSA) is 108 Å². The van der Waals surface area contributed by atoms with Crippen molar-refractivity contribution in [3.8, 4) is 11.3 Å². The van der Waals surface area contributed by atoms with Crippen molar-refractivity contribution in [3.63, 3.8) is 0 Å². The first kappa shape index (κ1) is 23.4. The van der Waals surface area contributed by atoms with Crippen molar-refractivity contribution in [3.05, 3.63) is 99.1 Å². The summed E-state index contributed by atoms with van der Waals surface area (Å²) in [4.78, 5) is 30.2. The van der Waals surface area contributed by atoms with Gasteiger partial charge in [-0.05, 0) is 30.7 Å². The number of rotatable bonds is 7. The SMILES string of the molecule is Cc1onc(-c2ccccc2Cl)c1C(=O)NCCn1ncc2c(=O)n(Cc3cccc(F)c3)cnc21. The van der Waals surface area contributed by atoms with Crippen LogP contribution in [0.25, 0.3) is 22.3 Å². The van der Waals surface area contributed by atoms with Gasteiger partial charge in [0.2, 0.25) is 0 Å². The number of hydrogen-bond donors (Lipinski definition) is 1. The zero-order chi connectivity index (χ0) is 25.2. The molecule has 36 heavy (non-hydrogen) atoms. The van der Waals surface area contributed by atoms with Gasteiger partial charge in [0.25, 0.3) is 11.5 Å². The third-order valence-corrected chi connectivity index (χ3v) is 6.02. The Kier molecular flexibility index (Phi) is 6.34. The molecule has 0 aliphatic heterocycles. The number of aromatic nitrogens is 5. The van der Waals surface area contributed by atoms with Crippen LogP contribution in [0.4, 0.5) is 4.39 Å². The van der Waals surface area contributed by atoms with Gasteiger partial charge in [-0.3, -0.25) is 14.2 Å². The Morgan fingerprint density at radius 3 is 2.83 bits per heavy atom. The van der Waals surface area contributed by atoms with Crippen molar-refractivity contribution in [2.24, 2.45) is 0 Å². The average Bonchev–Trinajstić information content (AvgIpc) is 3.45. The molecule has 11 heteroatoms. The Morgan fingerprint density at radius 1 is 1.19 bits per heavy atom. The molecule has 2 aromatic carbocycles. The summed E-state index contributed by atoms with van der Waals surface area (Å²) in [7, 11) is 0. The molecule has 0 aliphatic carbocycles. The van der Waals surface area contributed by atoms with E-state index in [0.29, 0.717) is 44.2 Å². The second kappa shape index (κ2) is 9.74. The predicted octanol–water partition coefficient (Wildman–Crippen LogP) is 3.83. The molecular weight excluding hydrogens is 487 g/mol. The summed E-state index contributed by atoms with van der Waals surface area (Å²) in [5.41, 5.74) is 2.01. The minimum Gasteiger partial charge on any atom is -0.360 e. The van der Waals surface area contributed by atoms with E-state index in [1.54, 1.807) is 48.0 Å². The Hall–Kier alpha value is -4.31. The van der Waals surface area contributed by atoms with E-state index in [4.69, 9.17) is 16.1 Å². The maximum atomic E-state index is 13.5. The van der Waals surface area contributed by atoms with Crippen molar-refractivity contribution >= 4 is 28.5 Å². The fourth-order valence-electron chi connectivity index (χ4n) is 3.95. The highest BCUT2D eigenvalue weighted by Gasteiger charge is 2.23. The van der Waals surface area contributed by atoms with Crippen molar-refractivity contribution in [2.45, 2.75) is 20.0 Å². The lowest BCUT2D eigenvalue weighted by molar-refractivity contribution is 0.0951. The molecule has 182 valence electrons. The summed E-state index contributed by atoms with van der Waals surface area (Å²) < 4.78 is 21.7. The van der Waals surface area contributed by atoms with Gasteiger partial charge in [0.1, 0.15) is 34.5 Å². The van der Waals surface area contributed by atoms with Crippen molar-refractivity contribution in [2.75, 3.05) is 6.54 Å². The average molecular weight is 507 g/mol. The second-order valence-corrected chi connectivity index (χ2v) is 8.52. The first-order chi connectivity index (χ1) is 17.4. The summed E-state index contributed by atoms with van der Waals surface area (Å²) in [5.74, 6) is -0.372. The molecule has 0 spiro atoms. The molecule has 5 aromatic rings. The van der Waals surface area contributed by atoms with Crippen LogP contribution in [0.3, 0.4) is 0 Å². The van der Waals surface area contributed by atoms with Crippen LogP contribution in [0.2, 0.25) is 5.02 Å². The molecule has 0 fully saturated rings. The minimum atomic E-state index is -0.371. The maximum absolute atomic E-state index is 13.5. The van der Waals surface area contributed by atoms with E-state index in [2.05, 4.69) is 20.6 Å². The highest BCUT2D eigenvalue weighted by atomic mass is 35.5. The van der Waals surface area contributed by atoms with Crippen LogP contribution in [-0.4, -0.2) is 36.9 Å². The van der Waals surface area contributed by atoms with Crippen LogP contribution in [0.15, 0.2) is 70.4 Å². The van der Waals surface area contributed by atoms with Crippen molar-refractivity contribution in [1.29, 1.82) is 0 Å². The number of carbonyl (C=O) groups is 1. The van der Waals surface area contributed by atoms with Crippen molar-refractivity contribution in [1.82, 2.24) is 29.8 Å². The fraction of sp³-hybridized carbons (Fsp3) is 0.160. The zero-order valence-electron chi connectivity index (χ0n) is 19.1. The zero-order valence-corrected chi connectivity index (χ0v) is 19.9. The third-order valence-electron chi connectivity index (χ3n) is 5.69. The Balaban J connectivity index is 1.30. The van der Waals surface area contributed by atoms with Gasteiger partial charge in [-0.2, -0.15) is 5.10 Å². The quantitative estimate of drug-likeness (QED) is 0.359. The van der Waals surface area contributed by atoms with E-state index < -0.39 is 0 Å². The van der Waals surface area contributed by atoms with Gasteiger partial charge < -0.3 is 9.84 Å². The van der Waals surface area contributed by atoms with E-state index >= 15 is 0 Å². The normalized spacial score (nSPS) is 11.2. The van der Waals surface area contributed by atoms with Crippen LogP contribution in [0.5, 0.6) is 0 Å². The van der Waals surface area contributed by atoms with Gasteiger partial charge in [0.05, 0.1) is 24.3 Å². The smallest absolute Gasteiger partial charge is 0.264 e. The molecule has 0 saturated carbocycles. The summed E-state index contributed by atoms with van der Waals surface area (Å²) in [5, 5.41) is 11.9. The number of hydrogen-bond acceptors (Lipinski definition) is 6. The lowest BCUT2D eigenvalue weighted by Crippen LogP contribution is -2.28. The van der Waals surface area contributed by atoms with E-state index in [1.165, 1.54) is 29.2 Å². The van der Waals surface area contributed by atoms with Gasteiger partial charge in [-0.1, -0.05) is 47.1 Å². The van der Waals surface area contributed by atoms with Crippen LogP contribution in [0.1, 0.15) is 21.7 Å². The van der Waals surface area contributed by atoms with E-state index in [0.717, 1.165) is 0 Å². The molecule has 3 aromatic heterocycles. The lowest BCUT2D eigenvalue weighted by Gasteiger charge is -2.08. The number of carbonyl (C=O) groups excluding carboxylic acids is 1. The molecule has 5 rings (SSSR count). The molecule has 0 atom stereocenters. The van der Waals surface area contributed by atoms with E-state index in [1.807, 2.05) is 0 Å². The molecule has 9 nitrogen and oxygen atoms in total. The second-order valence-electron chi connectivity index (χ2n) is 8.11. The summed E-state index contributed by atoms with van der Waals surface area (Å²) >= 11 is 6.27. The largest absolute Gasteiger partial charge is 0.360 e. The summed E-state index contributed by atoms with van der Waals surface area (Å²) in [6, 6.07) is 13.1. The first-order valence-electron chi connectivity index (χ1n) is 11.1. The maximum Gasteiger partial charge on any atom is 0.264 e. The first-order valence-corrected chi connectivity index (χ1v) is 11.4. The molecule has 0 unspecified atom stereocenters. The highest BCUT2D eigenvalue weighted by molar-refractivity contribution is 6.33. The van der Waals surface area contributed by atoms with Gasteiger partial charge in [0.15, 0.2) is 5.65 Å². The Morgan fingerprint density at radius 2 is 2.03 bits per heavy atom. The Bertz CT molecular complexity index is 1640. The van der Waals surface area contributed by atoms with Crippen LogP contribution in [0, 0.1) is 12.7 Å². The van der Waals surface area contributed by atoms with Gasteiger partial charge >= 0.3 is 0 Å². The lowest BCUT2D eigenvalue weighted by atomic mass is 10.1. The number of nitrogens with one attached hydrogen (secondary N) is 1. The predicted molar refractivity (Wildman–Crippen MR) is 131 cm³/mol. The molecule has 1 amide bonds. The Labute approximate surface area is 209 Å². The van der Waals surface area contributed by atoms with Gasteiger partial charge in [-0.25, -0.2) is 14.1 Å². The fourth-order valence-corrected chi connectivity index (χ4v) is 4.17. The highest BCUT2D eigenvalue weighted by Crippen LogP contribution is 2.30. The van der Waals surface area contributed by atoms with Crippen LogP contribution < -0.4 is 10.9 Å². The standard InChI is InChI=1S/C25H20ClFN6O3/c1-15-21(22(31-36-15)18-7-2-3-8-20(18)26)24(34)28-9-10-33-23-19(12-30-33)25(35)32(14-29-23)13-16-5-4-6-17(27)11-16/h2-8,11-12,14H,9-10,13H2,1H3,(H,28,34). The van der Waals surface area contributed by atoms with Gasteiger partial charge in [-0.15, -0.1) is 0 Å². The van der Waals surface area contributed by atoms with E-state index in [-0.39, 0.29) is 36.9 Å². The number of fused-ring (bicyclic) bond motifs is 1. The molecule has 3 heterocycles. The van der Waals surface area contributed by atoms with Crippen molar-refractivity contribution < 1.29 is 13.7 Å².